The Balaban J connectivity index is 2.77. The lowest BCUT2D eigenvalue weighted by atomic mass is 10.2. The van der Waals surface area contributed by atoms with Crippen molar-refractivity contribution in [2.45, 2.75) is 51.3 Å². The molecular formula is C12H19NO3. The van der Waals surface area contributed by atoms with E-state index in [4.69, 9.17) is 4.74 Å². The number of aldehydes is 1. The van der Waals surface area contributed by atoms with E-state index < -0.39 is 11.7 Å². The van der Waals surface area contributed by atoms with E-state index in [9.17, 15) is 9.59 Å². The average Bonchev–Trinajstić information content (AvgIpc) is 2.57. The first kappa shape index (κ1) is 12.7. The molecule has 0 aromatic rings. The van der Waals surface area contributed by atoms with Gasteiger partial charge < -0.3 is 9.53 Å². The summed E-state index contributed by atoms with van der Waals surface area (Å²) in [6.45, 7) is 9.09. The Morgan fingerprint density at radius 2 is 1.94 bits per heavy atom. The molecule has 16 heavy (non-hydrogen) atoms. The largest absolute Gasteiger partial charge is 0.444 e. The van der Waals surface area contributed by atoms with Gasteiger partial charge >= 0.3 is 6.09 Å². The van der Waals surface area contributed by atoms with E-state index in [1.807, 2.05) is 0 Å². The highest BCUT2D eigenvalue weighted by Gasteiger charge is 2.37. The van der Waals surface area contributed by atoms with Crippen LogP contribution in [0.15, 0.2) is 12.7 Å². The van der Waals surface area contributed by atoms with Crippen molar-refractivity contribution < 1.29 is 14.3 Å². The van der Waals surface area contributed by atoms with Crippen molar-refractivity contribution >= 4 is 12.4 Å². The second-order valence-electron chi connectivity index (χ2n) is 4.97. The fraction of sp³-hybridized carbons (Fsp3) is 0.667. The van der Waals surface area contributed by atoms with E-state index in [0.717, 1.165) is 12.7 Å². The second kappa shape index (κ2) is 4.68. The molecule has 0 saturated carbocycles. The predicted octanol–water partition coefficient (Wildman–Crippen LogP) is 2.14. The molecule has 0 aromatic heterocycles. The minimum Gasteiger partial charge on any atom is -0.444 e. The lowest BCUT2D eigenvalue weighted by molar-refractivity contribution is -0.111. The van der Waals surface area contributed by atoms with Gasteiger partial charge in [-0.05, 0) is 33.6 Å². The summed E-state index contributed by atoms with van der Waals surface area (Å²) in [5, 5.41) is 0. The predicted molar refractivity (Wildman–Crippen MR) is 61.1 cm³/mol. The fourth-order valence-corrected chi connectivity index (χ4v) is 1.82. The number of hydrogen-bond acceptors (Lipinski definition) is 3. The Labute approximate surface area is 96.3 Å². The van der Waals surface area contributed by atoms with Crippen LogP contribution in [0.5, 0.6) is 0 Å². The summed E-state index contributed by atoms with van der Waals surface area (Å²) in [7, 11) is 0. The minimum absolute atomic E-state index is 0.0925. The molecule has 0 bridgehead atoms. The summed E-state index contributed by atoms with van der Waals surface area (Å²) in [6.07, 6.45) is 3.50. The molecule has 4 heteroatoms. The summed E-state index contributed by atoms with van der Waals surface area (Å²) >= 11 is 0. The maximum absolute atomic E-state index is 11.9. The molecule has 0 aromatic carbocycles. The van der Waals surface area contributed by atoms with Crippen LogP contribution in [0, 0.1) is 0 Å². The molecular weight excluding hydrogens is 206 g/mol. The van der Waals surface area contributed by atoms with Crippen LogP contribution in [-0.4, -0.2) is 35.0 Å². The van der Waals surface area contributed by atoms with Gasteiger partial charge in [0.05, 0.1) is 12.1 Å². The smallest absolute Gasteiger partial charge is 0.411 e. The highest BCUT2D eigenvalue weighted by molar-refractivity contribution is 5.75. The van der Waals surface area contributed by atoms with Crippen LogP contribution in [0.4, 0.5) is 4.79 Å². The highest BCUT2D eigenvalue weighted by Crippen LogP contribution is 2.25. The Kier molecular flexibility index (Phi) is 3.73. The molecule has 1 aliphatic rings. The lowest BCUT2D eigenvalue weighted by Gasteiger charge is -2.29. The average molecular weight is 225 g/mol. The maximum Gasteiger partial charge on any atom is 0.411 e. The standard InChI is InChI=1S/C12H19NO3/c1-5-9-6-7-10(8-14)13(9)11(15)16-12(2,3)4/h5,8-10H,1,6-7H2,2-4H3. The van der Waals surface area contributed by atoms with Gasteiger partial charge in [0.25, 0.3) is 0 Å². The zero-order valence-electron chi connectivity index (χ0n) is 10.1. The molecule has 1 heterocycles. The van der Waals surface area contributed by atoms with Gasteiger partial charge in [0, 0.05) is 0 Å². The van der Waals surface area contributed by atoms with Gasteiger partial charge in [0.1, 0.15) is 11.9 Å². The van der Waals surface area contributed by atoms with Crippen LogP contribution < -0.4 is 0 Å². The quantitative estimate of drug-likeness (QED) is 0.534. The van der Waals surface area contributed by atoms with Crippen molar-refractivity contribution in [1.82, 2.24) is 4.90 Å². The van der Waals surface area contributed by atoms with Crippen molar-refractivity contribution in [1.29, 1.82) is 0 Å². The van der Waals surface area contributed by atoms with Gasteiger partial charge in [-0.1, -0.05) is 6.08 Å². The second-order valence-corrected chi connectivity index (χ2v) is 4.97. The van der Waals surface area contributed by atoms with Crippen LogP contribution in [0.25, 0.3) is 0 Å². The van der Waals surface area contributed by atoms with E-state index in [1.54, 1.807) is 26.8 Å². The molecule has 4 nitrogen and oxygen atoms in total. The molecule has 1 saturated heterocycles. The van der Waals surface area contributed by atoms with E-state index in [0.29, 0.717) is 6.42 Å². The highest BCUT2D eigenvalue weighted by atomic mass is 16.6. The Morgan fingerprint density at radius 3 is 2.38 bits per heavy atom. The van der Waals surface area contributed by atoms with E-state index in [2.05, 4.69) is 6.58 Å². The van der Waals surface area contributed by atoms with Crippen LogP contribution in [-0.2, 0) is 9.53 Å². The summed E-state index contributed by atoms with van der Waals surface area (Å²) in [5.41, 5.74) is -0.543. The molecule has 1 rings (SSSR count). The number of rotatable bonds is 2. The molecule has 2 unspecified atom stereocenters. The molecule has 2 atom stereocenters. The number of amides is 1. The monoisotopic (exact) mass is 225 g/mol. The third-order valence-corrected chi connectivity index (χ3v) is 2.51. The van der Waals surface area contributed by atoms with Crippen molar-refractivity contribution in [3.63, 3.8) is 0 Å². The number of ether oxygens (including phenoxy) is 1. The van der Waals surface area contributed by atoms with Gasteiger partial charge in [-0.2, -0.15) is 0 Å². The zero-order valence-corrected chi connectivity index (χ0v) is 10.1. The molecule has 90 valence electrons. The van der Waals surface area contributed by atoms with Crippen molar-refractivity contribution in [3.05, 3.63) is 12.7 Å². The first-order chi connectivity index (χ1) is 7.39. The van der Waals surface area contributed by atoms with Gasteiger partial charge in [-0.15, -0.1) is 6.58 Å². The van der Waals surface area contributed by atoms with Crippen molar-refractivity contribution in [3.8, 4) is 0 Å². The molecule has 0 N–H and O–H groups in total. The molecule has 0 radical (unpaired) electrons. The molecule has 1 fully saturated rings. The minimum atomic E-state index is -0.543. The van der Waals surface area contributed by atoms with Crippen molar-refractivity contribution in [2.24, 2.45) is 0 Å². The molecule has 1 aliphatic heterocycles. The van der Waals surface area contributed by atoms with Gasteiger partial charge in [0.2, 0.25) is 0 Å². The third-order valence-electron chi connectivity index (χ3n) is 2.51. The van der Waals surface area contributed by atoms with Crippen LogP contribution >= 0.6 is 0 Å². The number of likely N-dealkylation sites (tertiary alicyclic amines) is 1. The lowest BCUT2D eigenvalue weighted by Crippen LogP contribution is -2.44. The first-order valence-electron chi connectivity index (χ1n) is 5.48. The topological polar surface area (TPSA) is 46.6 Å². The van der Waals surface area contributed by atoms with Gasteiger partial charge in [0.15, 0.2) is 0 Å². The zero-order chi connectivity index (χ0) is 12.3. The number of nitrogens with zero attached hydrogens (tertiary/aromatic N) is 1. The summed E-state index contributed by atoms with van der Waals surface area (Å²) in [6, 6.07) is -0.470. The normalized spacial score (nSPS) is 25.3. The van der Waals surface area contributed by atoms with Crippen LogP contribution in [0.3, 0.4) is 0 Å². The Morgan fingerprint density at radius 1 is 1.38 bits per heavy atom. The van der Waals surface area contributed by atoms with Gasteiger partial charge in [-0.3, -0.25) is 4.90 Å². The molecule has 0 aliphatic carbocycles. The number of carbonyl (C=O) groups is 2. The molecule has 0 spiro atoms. The maximum atomic E-state index is 11.9. The van der Waals surface area contributed by atoms with E-state index >= 15 is 0 Å². The van der Waals surface area contributed by atoms with E-state index in [-0.39, 0.29) is 12.1 Å². The Hall–Kier alpha value is -1.32. The Bertz CT molecular complexity index is 277. The molecule has 1 amide bonds. The summed E-state index contributed by atoms with van der Waals surface area (Å²) in [5.74, 6) is 0. The third kappa shape index (κ3) is 2.84. The van der Waals surface area contributed by atoms with Crippen LogP contribution in [0.1, 0.15) is 33.6 Å². The summed E-state index contributed by atoms with van der Waals surface area (Å²) in [4.78, 5) is 24.2. The van der Waals surface area contributed by atoms with Crippen molar-refractivity contribution in [2.75, 3.05) is 0 Å². The number of hydrogen-bond donors (Lipinski definition) is 0. The number of carbonyl (C=O) groups excluding carboxylic acids is 2. The summed E-state index contributed by atoms with van der Waals surface area (Å²) < 4.78 is 5.27. The first-order valence-corrected chi connectivity index (χ1v) is 5.48. The fourth-order valence-electron chi connectivity index (χ4n) is 1.82. The SMILES string of the molecule is C=CC1CCC(C=O)N1C(=O)OC(C)(C)C. The van der Waals surface area contributed by atoms with Crippen LogP contribution in [0.2, 0.25) is 0 Å². The van der Waals surface area contributed by atoms with Gasteiger partial charge in [-0.25, -0.2) is 4.79 Å². The van der Waals surface area contributed by atoms with E-state index in [1.165, 1.54) is 4.90 Å².